The maximum atomic E-state index is 12.6. The van der Waals surface area contributed by atoms with Crippen LogP contribution in [0.25, 0.3) is 0 Å². The van der Waals surface area contributed by atoms with Crippen LogP contribution >= 0.6 is 0 Å². The molecule has 2 aromatic rings. The van der Waals surface area contributed by atoms with Gasteiger partial charge in [0.15, 0.2) is 0 Å². The first kappa shape index (κ1) is 17.9. The Morgan fingerprint density at radius 2 is 2.00 bits per heavy atom. The Morgan fingerprint density at radius 3 is 2.69 bits per heavy atom. The summed E-state index contributed by atoms with van der Waals surface area (Å²) in [7, 11) is 5.52. The largest absolute Gasteiger partial charge is 0.367 e. The quantitative estimate of drug-likeness (QED) is 0.878. The molecule has 0 radical (unpaired) electrons. The minimum atomic E-state index is -0.255. The third-order valence-corrected chi connectivity index (χ3v) is 4.60. The highest BCUT2D eigenvalue weighted by molar-refractivity contribution is 5.93. The lowest BCUT2D eigenvalue weighted by Gasteiger charge is -2.32. The standard InChI is InChI=1S/C18H24N6O2/c1-22(2)16-11-15(19-12-20-16)21-13-6-9-24(10-7-13)18(26)14-5-4-8-23(3)17(14)25/h4-5,8,11-13H,6-7,9-10H2,1-3H3,(H,19,20,21). The molecule has 1 fully saturated rings. The van der Waals surface area contributed by atoms with Crippen LogP contribution in [0.3, 0.4) is 0 Å². The molecule has 0 aliphatic carbocycles. The van der Waals surface area contributed by atoms with Gasteiger partial charge in [-0.2, -0.15) is 0 Å². The van der Waals surface area contributed by atoms with Crippen LogP contribution in [0.5, 0.6) is 0 Å². The number of aromatic nitrogens is 3. The van der Waals surface area contributed by atoms with E-state index < -0.39 is 0 Å². The van der Waals surface area contributed by atoms with E-state index in [1.165, 1.54) is 4.57 Å². The second kappa shape index (κ2) is 7.55. The molecule has 1 N–H and O–H groups in total. The normalized spacial score (nSPS) is 15.0. The predicted octanol–water partition coefficient (Wildman–Crippen LogP) is 0.958. The summed E-state index contributed by atoms with van der Waals surface area (Å²) in [5, 5.41) is 3.41. The molecule has 2 aromatic heterocycles. The fourth-order valence-electron chi connectivity index (χ4n) is 3.04. The van der Waals surface area contributed by atoms with Gasteiger partial charge in [0.25, 0.3) is 11.5 Å². The Morgan fingerprint density at radius 1 is 1.27 bits per heavy atom. The lowest BCUT2D eigenvalue weighted by Crippen LogP contribution is -2.44. The van der Waals surface area contributed by atoms with Gasteiger partial charge in [0.1, 0.15) is 23.5 Å². The molecule has 0 unspecified atom stereocenters. The van der Waals surface area contributed by atoms with Crippen molar-refractivity contribution in [2.45, 2.75) is 18.9 Å². The Labute approximate surface area is 152 Å². The third kappa shape index (κ3) is 3.84. The molecule has 0 aromatic carbocycles. The van der Waals surface area contributed by atoms with Gasteiger partial charge >= 0.3 is 0 Å². The maximum absolute atomic E-state index is 12.6. The molecule has 1 amide bonds. The van der Waals surface area contributed by atoms with Crippen LogP contribution in [-0.2, 0) is 7.05 Å². The molecule has 3 heterocycles. The van der Waals surface area contributed by atoms with E-state index in [2.05, 4.69) is 15.3 Å². The second-order valence-corrected chi connectivity index (χ2v) is 6.70. The third-order valence-electron chi connectivity index (χ3n) is 4.60. The van der Waals surface area contributed by atoms with Gasteiger partial charge in [0.05, 0.1) is 0 Å². The van der Waals surface area contributed by atoms with Crippen molar-refractivity contribution in [1.29, 1.82) is 0 Å². The van der Waals surface area contributed by atoms with Crippen LogP contribution in [-0.4, -0.2) is 58.6 Å². The minimum absolute atomic E-state index is 0.193. The lowest BCUT2D eigenvalue weighted by molar-refractivity contribution is 0.0716. The molecule has 0 saturated carbocycles. The SMILES string of the molecule is CN(C)c1cc(NC2CCN(C(=O)c3cccn(C)c3=O)CC2)ncn1. The Balaban J connectivity index is 1.61. The Bertz CT molecular complexity index is 840. The summed E-state index contributed by atoms with van der Waals surface area (Å²) >= 11 is 0. The molecule has 8 heteroatoms. The molecular formula is C18H24N6O2. The number of aryl methyl sites for hydroxylation is 1. The molecule has 0 atom stereocenters. The van der Waals surface area contributed by atoms with E-state index >= 15 is 0 Å². The van der Waals surface area contributed by atoms with Crippen molar-refractivity contribution in [2.75, 3.05) is 37.4 Å². The van der Waals surface area contributed by atoms with E-state index in [4.69, 9.17) is 0 Å². The number of nitrogens with zero attached hydrogens (tertiary/aromatic N) is 5. The van der Waals surface area contributed by atoms with E-state index in [-0.39, 0.29) is 23.1 Å². The minimum Gasteiger partial charge on any atom is -0.367 e. The summed E-state index contributed by atoms with van der Waals surface area (Å²) in [6.07, 6.45) is 4.81. The summed E-state index contributed by atoms with van der Waals surface area (Å²) in [5.74, 6) is 1.43. The molecule has 3 rings (SSSR count). The number of hydrogen-bond donors (Lipinski definition) is 1. The number of likely N-dealkylation sites (tertiary alicyclic amines) is 1. The van der Waals surface area contributed by atoms with Gasteiger partial charge in [-0.15, -0.1) is 0 Å². The van der Waals surface area contributed by atoms with Crippen molar-refractivity contribution < 1.29 is 4.79 Å². The zero-order chi connectivity index (χ0) is 18.7. The topological polar surface area (TPSA) is 83.4 Å². The van der Waals surface area contributed by atoms with Crippen LogP contribution < -0.4 is 15.8 Å². The van der Waals surface area contributed by atoms with Crippen molar-refractivity contribution in [1.82, 2.24) is 19.4 Å². The van der Waals surface area contributed by atoms with Gasteiger partial charge in [-0.3, -0.25) is 9.59 Å². The molecule has 0 bridgehead atoms. The monoisotopic (exact) mass is 356 g/mol. The molecule has 1 saturated heterocycles. The Hall–Kier alpha value is -2.90. The van der Waals surface area contributed by atoms with E-state index in [0.29, 0.717) is 13.1 Å². The van der Waals surface area contributed by atoms with E-state index in [1.807, 2.05) is 25.1 Å². The van der Waals surface area contributed by atoms with Crippen molar-refractivity contribution in [3.05, 3.63) is 46.6 Å². The summed E-state index contributed by atoms with van der Waals surface area (Å²) < 4.78 is 1.43. The number of hydrogen-bond acceptors (Lipinski definition) is 6. The van der Waals surface area contributed by atoms with Gasteiger partial charge in [-0.05, 0) is 25.0 Å². The smallest absolute Gasteiger partial charge is 0.263 e. The molecule has 8 nitrogen and oxygen atoms in total. The summed E-state index contributed by atoms with van der Waals surface area (Å²) in [6.45, 7) is 1.22. The average Bonchev–Trinajstić information content (AvgIpc) is 2.64. The van der Waals surface area contributed by atoms with Crippen LogP contribution in [0.2, 0.25) is 0 Å². The molecular weight excluding hydrogens is 332 g/mol. The number of amides is 1. The summed E-state index contributed by atoms with van der Waals surface area (Å²) in [5.41, 5.74) is -0.0252. The fraction of sp³-hybridized carbons (Fsp3) is 0.444. The number of pyridine rings is 1. The average molecular weight is 356 g/mol. The summed E-state index contributed by atoms with van der Waals surface area (Å²) in [4.78, 5) is 36.9. The molecule has 1 aliphatic rings. The summed E-state index contributed by atoms with van der Waals surface area (Å²) in [6, 6.07) is 5.46. The van der Waals surface area contributed by atoms with Crippen molar-refractivity contribution in [3.63, 3.8) is 0 Å². The van der Waals surface area contributed by atoms with Gasteiger partial charge in [-0.1, -0.05) is 0 Å². The van der Waals surface area contributed by atoms with Crippen LogP contribution in [0, 0.1) is 0 Å². The number of anilines is 2. The van der Waals surface area contributed by atoms with Crippen molar-refractivity contribution in [3.8, 4) is 0 Å². The number of piperidine rings is 1. The highest BCUT2D eigenvalue weighted by Crippen LogP contribution is 2.18. The first-order valence-electron chi connectivity index (χ1n) is 8.66. The first-order valence-corrected chi connectivity index (χ1v) is 8.66. The first-order chi connectivity index (χ1) is 12.5. The van der Waals surface area contributed by atoms with Gasteiger partial charge in [-0.25, -0.2) is 9.97 Å². The van der Waals surface area contributed by atoms with Crippen LogP contribution in [0.15, 0.2) is 35.5 Å². The van der Waals surface area contributed by atoms with Gasteiger partial charge in [0, 0.05) is 52.5 Å². The van der Waals surface area contributed by atoms with Crippen molar-refractivity contribution >= 4 is 17.5 Å². The van der Waals surface area contributed by atoms with Gasteiger partial charge in [0.2, 0.25) is 0 Å². The highest BCUT2D eigenvalue weighted by atomic mass is 16.2. The molecule has 138 valence electrons. The number of nitrogens with one attached hydrogen (secondary N) is 1. The number of rotatable bonds is 4. The van der Waals surface area contributed by atoms with Crippen LogP contribution in [0.1, 0.15) is 23.2 Å². The van der Waals surface area contributed by atoms with Gasteiger partial charge < -0.3 is 19.7 Å². The number of carbonyl (C=O) groups excluding carboxylic acids is 1. The fourth-order valence-corrected chi connectivity index (χ4v) is 3.04. The maximum Gasteiger partial charge on any atom is 0.263 e. The van der Waals surface area contributed by atoms with E-state index in [0.717, 1.165) is 24.5 Å². The number of carbonyl (C=O) groups is 1. The van der Waals surface area contributed by atoms with E-state index in [1.54, 1.807) is 36.6 Å². The van der Waals surface area contributed by atoms with E-state index in [9.17, 15) is 9.59 Å². The second-order valence-electron chi connectivity index (χ2n) is 6.70. The zero-order valence-corrected chi connectivity index (χ0v) is 15.3. The van der Waals surface area contributed by atoms with Crippen molar-refractivity contribution in [2.24, 2.45) is 7.05 Å². The predicted molar refractivity (Wildman–Crippen MR) is 101 cm³/mol. The lowest BCUT2D eigenvalue weighted by atomic mass is 10.0. The molecule has 26 heavy (non-hydrogen) atoms. The molecule has 0 spiro atoms. The zero-order valence-electron chi connectivity index (χ0n) is 15.3. The molecule has 1 aliphatic heterocycles. The Kier molecular flexibility index (Phi) is 5.20. The van der Waals surface area contributed by atoms with Crippen LogP contribution in [0.4, 0.5) is 11.6 Å². The highest BCUT2D eigenvalue weighted by Gasteiger charge is 2.25.